The van der Waals surface area contributed by atoms with Crippen LogP contribution in [-0.2, 0) is 4.79 Å². The van der Waals surface area contributed by atoms with Crippen LogP contribution in [0.25, 0.3) is 0 Å². The molecule has 3 rings (SSSR count). The molecule has 2 saturated carbocycles. The summed E-state index contributed by atoms with van der Waals surface area (Å²) < 4.78 is 0. The maximum Gasteiger partial charge on any atom is 0.223 e. The summed E-state index contributed by atoms with van der Waals surface area (Å²) in [5, 5.41) is 19.7. The number of aliphatic hydroxyl groups is 1. The number of rotatable bonds is 8. The van der Waals surface area contributed by atoms with Crippen molar-refractivity contribution in [2.24, 2.45) is 10.9 Å². The van der Waals surface area contributed by atoms with Crippen LogP contribution in [0.1, 0.15) is 64.7 Å². The highest BCUT2D eigenvalue weighted by atomic mass is 16.3. The molecule has 1 aliphatic heterocycles. The number of amides is 1. The van der Waals surface area contributed by atoms with Gasteiger partial charge in [-0.3, -0.25) is 9.79 Å². The summed E-state index contributed by atoms with van der Waals surface area (Å²) in [4.78, 5) is 19.6. The van der Waals surface area contributed by atoms with Crippen molar-refractivity contribution in [3.8, 4) is 0 Å². The highest BCUT2D eigenvalue weighted by Gasteiger charge is 2.31. The Labute approximate surface area is 169 Å². The predicted octanol–water partition coefficient (Wildman–Crippen LogP) is 1.23. The standard InChI is InChI=1S/C21H39N5O2/c1-2-22-21(23-11-4-12-26-13-9-19(27)10-14-26)25-18-6-3-5-16(15-18)20(28)24-17-7-8-17/h16-19,27H,2-15H2,1H3,(H,24,28)(H2,22,23,25). The lowest BCUT2D eigenvalue weighted by atomic mass is 9.85. The molecule has 1 amide bonds. The first-order valence-electron chi connectivity index (χ1n) is 11.4. The van der Waals surface area contributed by atoms with E-state index < -0.39 is 0 Å². The van der Waals surface area contributed by atoms with Crippen LogP contribution < -0.4 is 16.0 Å². The first kappa shape index (κ1) is 21.4. The molecule has 160 valence electrons. The van der Waals surface area contributed by atoms with E-state index in [0.29, 0.717) is 12.1 Å². The van der Waals surface area contributed by atoms with Crippen molar-refractivity contribution < 1.29 is 9.90 Å². The summed E-state index contributed by atoms with van der Waals surface area (Å²) in [6.07, 6.45) is 9.12. The molecule has 1 heterocycles. The van der Waals surface area contributed by atoms with E-state index in [4.69, 9.17) is 4.99 Å². The molecule has 3 fully saturated rings. The molecule has 0 bridgehead atoms. The first-order chi connectivity index (χ1) is 13.6. The first-order valence-corrected chi connectivity index (χ1v) is 11.4. The molecule has 2 aliphatic carbocycles. The maximum atomic E-state index is 12.4. The number of nitrogens with one attached hydrogen (secondary N) is 3. The monoisotopic (exact) mass is 393 g/mol. The van der Waals surface area contributed by atoms with Gasteiger partial charge in [-0.1, -0.05) is 6.42 Å². The van der Waals surface area contributed by atoms with E-state index in [9.17, 15) is 9.90 Å². The molecular formula is C21H39N5O2. The van der Waals surface area contributed by atoms with Crippen LogP contribution in [0.3, 0.4) is 0 Å². The molecule has 0 aromatic carbocycles. The van der Waals surface area contributed by atoms with Gasteiger partial charge < -0.3 is 26.0 Å². The Morgan fingerprint density at radius 2 is 1.86 bits per heavy atom. The van der Waals surface area contributed by atoms with E-state index in [1.165, 1.54) is 0 Å². The van der Waals surface area contributed by atoms with Crippen molar-refractivity contribution in [3.63, 3.8) is 0 Å². The fourth-order valence-corrected chi connectivity index (χ4v) is 4.25. The summed E-state index contributed by atoms with van der Waals surface area (Å²) in [6, 6.07) is 0.771. The van der Waals surface area contributed by atoms with Gasteiger partial charge >= 0.3 is 0 Å². The molecule has 0 aromatic heterocycles. The fraction of sp³-hybridized carbons (Fsp3) is 0.905. The minimum absolute atomic E-state index is 0.107. The molecule has 3 aliphatic rings. The predicted molar refractivity (Wildman–Crippen MR) is 112 cm³/mol. The van der Waals surface area contributed by atoms with Crippen molar-refractivity contribution in [2.45, 2.75) is 82.9 Å². The Hall–Kier alpha value is -1.34. The fourth-order valence-electron chi connectivity index (χ4n) is 4.25. The van der Waals surface area contributed by atoms with Crippen molar-refractivity contribution in [1.29, 1.82) is 0 Å². The minimum Gasteiger partial charge on any atom is -0.393 e. The van der Waals surface area contributed by atoms with Crippen LogP contribution in [0.15, 0.2) is 4.99 Å². The summed E-state index contributed by atoms with van der Waals surface area (Å²) in [5.41, 5.74) is 0. The summed E-state index contributed by atoms with van der Waals surface area (Å²) in [7, 11) is 0. The molecule has 1 saturated heterocycles. The smallest absolute Gasteiger partial charge is 0.223 e. The lowest BCUT2D eigenvalue weighted by Crippen LogP contribution is -2.47. The second-order valence-corrected chi connectivity index (χ2v) is 8.67. The zero-order chi connectivity index (χ0) is 19.8. The van der Waals surface area contributed by atoms with Gasteiger partial charge in [0.1, 0.15) is 0 Å². The second-order valence-electron chi connectivity index (χ2n) is 8.67. The van der Waals surface area contributed by atoms with Crippen LogP contribution in [-0.4, -0.2) is 72.8 Å². The van der Waals surface area contributed by atoms with Gasteiger partial charge in [0.15, 0.2) is 5.96 Å². The highest BCUT2D eigenvalue weighted by molar-refractivity contribution is 5.81. The third-order valence-electron chi connectivity index (χ3n) is 6.11. The number of hydrogen-bond acceptors (Lipinski definition) is 4. The molecule has 0 radical (unpaired) electrons. The highest BCUT2D eigenvalue weighted by Crippen LogP contribution is 2.26. The normalized spacial score (nSPS) is 27.4. The van der Waals surface area contributed by atoms with E-state index in [0.717, 1.165) is 96.5 Å². The SMILES string of the molecule is CCNC(=NCCCN1CCC(O)CC1)NC1CCCC(C(=O)NC2CC2)C1. The number of nitrogens with zero attached hydrogens (tertiary/aromatic N) is 2. The lowest BCUT2D eigenvalue weighted by Gasteiger charge is -2.30. The van der Waals surface area contributed by atoms with Gasteiger partial charge in [0.05, 0.1) is 6.10 Å². The molecule has 0 spiro atoms. The Kier molecular flexibility index (Phi) is 8.40. The molecule has 4 N–H and O–H groups in total. The number of carbonyl (C=O) groups excluding carboxylic acids is 1. The van der Waals surface area contributed by atoms with Gasteiger partial charge in [-0.25, -0.2) is 0 Å². The Morgan fingerprint density at radius 3 is 2.57 bits per heavy atom. The number of piperidine rings is 1. The molecule has 7 nitrogen and oxygen atoms in total. The van der Waals surface area contributed by atoms with Crippen molar-refractivity contribution in [1.82, 2.24) is 20.9 Å². The molecule has 0 aromatic rings. The van der Waals surface area contributed by atoms with Gasteiger partial charge in [0, 0.05) is 44.2 Å². The van der Waals surface area contributed by atoms with Crippen molar-refractivity contribution in [3.05, 3.63) is 0 Å². The lowest BCUT2D eigenvalue weighted by molar-refractivity contribution is -0.126. The van der Waals surface area contributed by atoms with E-state index in [1.807, 2.05) is 0 Å². The quantitative estimate of drug-likeness (QED) is 0.283. The topological polar surface area (TPSA) is 89.0 Å². The van der Waals surface area contributed by atoms with Gasteiger partial charge in [-0.2, -0.15) is 0 Å². The van der Waals surface area contributed by atoms with Crippen molar-refractivity contribution in [2.75, 3.05) is 32.7 Å². The number of hydrogen-bond donors (Lipinski definition) is 4. The van der Waals surface area contributed by atoms with Gasteiger partial charge in [-0.05, 0) is 64.8 Å². The van der Waals surface area contributed by atoms with E-state index in [2.05, 4.69) is 27.8 Å². The zero-order valence-electron chi connectivity index (χ0n) is 17.5. The molecule has 2 unspecified atom stereocenters. The zero-order valence-corrected chi connectivity index (χ0v) is 17.5. The maximum absolute atomic E-state index is 12.4. The van der Waals surface area contributed by atoms with Gasteiger partial charge in [-0.15, -0.1) is 0 Å². The second kappa shape index (κ2) is 11.0. The van der Waals surface area contributed by atoms with Crippen LogP contribution in [0.2, 0.25) is 0 Å². The third-order valence-corrected chi connectivity index (χ3v) is 6.11. The number of aliphatic hydroxyl groups excluding tert-OH is 1. The van der Waals surface area contributed by atoms with E-state index in [1.54, 1.807) is 0 Å². The number of carbonyl (C=O) groups is 1. The average molecular weight is 394 g/mol. The van der Waals surface area contributed by atoms with Crippen LogP contribution in [0.5, 0.6) is 0 Å². The summed E-state index contributed by atoms with van der Waals surface area (Å²) in [6.45, 7) is 6.76. The number of aliphatic imine (C=N–C) groups is 1. The molecule has 28 heavy (non-hydrogen) atoms. The van der Waals surface area contributed by atoms with Crippen LogP contribution >= 0.6 is 0 Å². The van der Waals surface area contributed by atoms with E-state index in [-0.39, 0.29) is 17.9 Å². The number of guanidine groups is 1. The molecule has 7 heteroatoms. The van der Waals surface area contributed by atoms with Crippen LogP contribution in [0.4, 0.5) is 0 Å². The van der Waals surface area contributed by atoms with E-state index >= 15 is 0 Å². The van der Waals surface area contributed by atoms with Crippen molar-refractivity contribution >= 4 is 11.9 Å². The Bertz CT molecular complexity index is 515. The largest absolute Gasteiger partial charge is 0.393 e. The van der Waals surface area contributed by atoms with Gasteiger partial charge in [0.25, 0.3) is 0 Å². The van der Waals surface area contributed by atoms with Gasteiger partial charge in [0.2, 0.25) is 5.91 Å². The average Bonchev–Trinajstić information content (AvgIpc) is 3.51. The minimum atomic E-state index is -0.107. The number of likely N-dealkylation sites (tertiary alicyclic amines) is 1. The molecule has 2 atom stereocenters. The summed E-state index contributed by atoms with van der Waals surface area (Å²) in [5.74, 6) is 1.27. The Balaban J connectivity index is 1.39. The Morgan fingerprint density at radius 1 is 1.07 bits per heavy atom. The third kappa shape index (κ3) is 7.24. The van der Waals surface area contributed by atoms with Crippen LogP contribution in [0, 0.1) is 5.92 Å². The molecular weight excluding hydrogens is 354 g/mol. The summed E-state index contributed by atoms with van der Waals surface area (Å²) >= 11 is 0.